The predicted octanol–water partition coefficient (Wildman–Crippen LogP) is 4.17. The smallest absolute Gasteiger partial charge is 0.329 e. The summed E-state index contributed by atoms with van der Waals surface area (Å²) in [7, 11) is 0. The first-order valence-electron chi connectivity index (χ1n) is 10.5. The number of pyridine rings is 1. The van der Waals surface area contributed by atoms with Crippen LogP contribution in [0.25, 0.3) is 11.1 Å². The zero-order valence-corrected chi connectivity index (χ0v) is 17.1. The highest BCUT2D eigenvalue weighted by Gasteiger charge is 2.40. The van der Waals surface area contributed by atoms with E-state index in [1.165, 1.54) is 0 Å². The Morgan fingerprint density at radius 2 is 2.07 bits per heavy atom. The van der Waals surface area contributed by atoms with E-state index in [1.807, 2.05) is 25.1 Å². The topological polar surface area (TPSA) is 80.7 Å². The lowest BCUT2D eigenvalue weighted by Crippen LogP contribution is -2.50. The molecule has 160 valence electrons. The summed E-state index contributed by atoms with van der Waals surface area (Å²) in [5.41, 5.74) is 2.10. The van der Waals surface area contributed by atoms with Gasteiger partial charge in [0.1, 0.15) is 5.54 Å². The minimum atomic E-state index is -1.06. The average Bonchev–Trinajstić information content (AvgIpc) is 3.58. The normalized spacial score (nSPS) is 18.2. The van der Waals surface area contributed by atoms with Gasteiger partial charge in [0.25, 0.3) is 0 Å². The first kappa shape index (κ1) is 20.8. The molecule has 1 aliphatic carbocycles. The molecule has 2 fully saturated rings. The predicted molar refractivity (Wildman–Crippen MR) is 111 cm³/mol. The molecule has 2 heterocycles. The van der Waals surface area contributed by atoms with Crippen molar-refractivity contribution in [3.05, 3.63) is 47.5 Å². The molecule has 1 aliphatic heterocycles. The number of hydrogen-bond acceptors (Lipinski definition) is 5. The van der Waals surface area contributed by atoms with E-state index in [4.69, 9.17) is 9.47 Å². The van der Waals surface area contributed by atoms with E-state index in [0.717, 1.165) is 24.0 Å². The van der Waals surface area contributed by atoms with Crippen LogP contribution in [0.1, 0.15) is 43.9 Å². The van der Waals surface area contributed by atoms with Gasteiger partial charge >= 0.3 is 5.97 Å². The lowest BCUT2D eigenvalue weighted by molar-refractivity contribution is -0.145. The number of carbonyl (C=O) groups is 1. The number of nitrogens with zero attached hydrogens (tertiary/aromatic N) is 1. The van der Waals surface area contributed by atoms with Crippen molar-refractivity contribution in [3.63, 3.8) is 0 Å². The van der Waals surface area contributed by atoms with Crippen molar-refractivity contribution in [2.45, 2.75) is 57.3 Å². The molecule has 0 amide bonds. The minimum Gasteiger partial charge on any atom is -0.480 e. The van der Waals surface area contributed by atoms with E-state index in [2.05, 4.69) is 10.3 Å². The van der Waals surface area contributed by atoms with Crippen LogP contribution in [0, 0.1) is 5.82 Å². The number of nitrogens with one attached hydrogen (secondary N) is 1. The molecule has 2 aliphatic rings. The van der Waals surface area contributed by atoms with Crippen LogP contribution in [0.4, 0.5) is 10.1 Å². The third-order valence-corrected chi connectivity index (χ3v) is 5.83. The van der Waals surface area contributed by atoms with E-state index in [0.29, 0.717) is 56.0 Å². The number of carboxylic acids is 1. The third-order valence-electron chi connectivity index (χ3n) is 5.83. The number of benzene rings is 1. The van der Waals surface area contributed by atoms with Gasteiger partial charge in [0.2, 0.25) is 0 Å². The molecule has 1 saturated heterocycles. The van der Waals surface area contributed by atoms with Crippen LogP contribution in [0.15, 0.2) is 30.5 Å². The van der Waals surface area contributed by atoms with Crippen LogP contribution in [0.3, 0.4) is 0 Å². The molecular formula is C23H27FN2O4. The van der Waals surface area contributed by atoms with Gasteiger partial charge in [-0.25, -0.2) is 9.18 Å². The highest BCUT2D eigenvalue weighted by atomic mass is 19.1. The quantitative estimate of drug-likeness (QED) is 0.675. The maximum Gasteiger partial charge on any atom is 0.329 e. The average molecular weight is 414 g/mol. The molecule has 0 spiro atoms. The number of aromatic nitrogens is 1. The molecule has 0 unspecified atom stereocenters. The number of rotatable bonds is 8. The van der Waals surface area contributed by atoms with E-state index in [1.54, 1.807) is 12.3 Å². The first-order chi connectivity index (χ1) is 14.5. The van der Waals surface area contributed by atoms with E-state index in [-0.39, 0.29) is 11.9 Å². The van der Waals surface area contributed by atoms with Gasteiger partial charge in [0.15, 0.2) is 5.82 Å². The van der Waals surface area contributed by atoms with Gasteiger partial charge in [0, 0.05) is 43.5 Å². The summed E-state index contributed by atoms with van der Waals surface area (Å²) < 4.78 is 26.2. The molecule has 0 radical (unpaired) electrons. The molecular weight excluding hydrogens is 387 g/mol. The van der Waals surface area contributed by atoms with Gasteiger partial charge in [-0.3, -0.25) is 4.98 Å². The maximum atomic E-state index is 15.0. The number of hydrogen-bond donors (Lipinski definition) is 2. The van der Waals surface area contributed by atoms with Crippen molar-refractivity contribution in [2.24, 2.45) is 0 Å². The molecule has 0 bridgehead atoms. The Hall–Kier alpha value is -2.51. The Bertz CT molecular complexity index is 923. The van der Waals surface area contributed by atoms with Gasteiger partial charge < -0.3 is 19.9 Å². The highest BCUT2D eigenvalue weighted by Crippen LogP contribution is 2.34. The molecule has 0 atom stereocenters. The van der Waals surface area contributed by atoms with E-state index >= 15 is 0 Å². The summed E-state index contributed by atoms with van der Waals surface area (Å²) in [5, 5.41) is 13.0. The Morgan fingerprint density at radius 3 is 2.73 bits per heavy atom. The molecule has 7 heteroatoms. The summed E-state index contributed by atoms with van der Waals surface area (Å²) in [4.78, 5) is 16.1. The lowest BCUT2D eigenvalue weighted by Gasteiger charge is -2.35. The van der Waals surface area contributed by atoms with Crippen molar-refractivity contribution in [2.75, 3.05) is 18.5 Å². The summed E-state index contributed by atoms with van der Waals surface area (Å²) in [6.07, 6.45) is 5.24. The fourth-order valence-electron chi connectivity index (χ4n) is 3.83. The maximum absolute atomic E-state index is 15.0. The molecule has 2 aromatic rings. The fraction of sp³-hybridized carbons (Fsp3) is 0.478. The van der Waals surface area contributed by atoms with Gasteiger partial charge in [-0.05, 0) is 48.6 Å². The van der Waals surface area contributed by atoms with Crippen LogP contribution >= 0.6 is 0 Å². The van der Waals surface area contributed by atoms with Crippen LogP contribution < -0.4 is 5.32 Å². The van der Waals surface area contributed by atoms with Crippen LogP contribution in [-0.4, -0.2) is 40.9 Å². The van der Waals surface area contributed by atoms with Crippen molar-refractivity contribution in [1.29, 1.82) is 0 Å². The molecule has 4 rings (SSSR count). The number of aryl methyl sites for hydroxylation is 1. The van der Waals surface area contributed by atoms with E-state index < -0.39 is 11.5 Å². The second-order valence-corrected chi connectivity index (χ2v) is 7.98. The van der Waals surface area contributed by atoms with Gasteiger partial charge in [-0.2, -0.15) is 0 Å². The number of halogens is 1. The number of aliphatic carboxylic acids is 1. The summed E-state index contributed by atoms with van der Waals surface area (Å²) in [6, 6.07) is 7.19. The second kappa shape index (κ2) is 8.70. The Labute approximate surface area is 175 Å². The Kier molecular flexibility index (Phi) is 6.01. The van der Waals surface area contributed by atoms with Gasteiger partial charge in [0.05, 0.1) is 18.4 Å². The van der Waals surface area contributed by atoms with E-state index in [9.17, 15) is 14.3 Å². The molecule has 2 N–H and O–H groups in total. The van der Waals surface area contributed by atoms with Crippen LogP contribution in [0.5, 0.6) is 0 Å². The largest absolute Gasteiger partial charge is 0.480 e. The Balaban J connectivity index is 1.68. The van der Waals surface area contributed by atoms with Crippen molar-refractivity contribution >= 4 is 11.7 Å². The van der Waals surface area contributed by atoms with Crippen LogP contribution in [0.2, 0.25) is 0 Å². The van der Waals surface area contributed by atoms with Gasteiger partial charge in [-0.15, -0.1) is 0 Å². The molecule has 1 aromatic carbocycles. The highest BCUT2D eigenvalue weighted by molar-refractivity contribution is 5.83. The molecule has 6 nitrogen and oxygen atoms in total. The van der Waals surface area contributed by atoms with Crippen molar-refractivity contribution in [3.8, 4) is 11.1 Å². The summed E-state index contributed by atoms with van der Waals surface area (Å²) in [5.74, 6) is -1.21. The first-order valence-corrected chi connectivity index (χ1v) is 10.5. The summed E-state index contributed by atoms with van der Waals surface area (Å²) >= 11 is 0. The number of ether oxygens (including phenoxy) is 2. The summed E-state index contributed by atoms with van der Waals surface area (Å²) in [6.45, 7) is 3.02. The van der Waals surface area contributed by atoms with Gasteiger partial charge in [-0.1, -0.05) is 13.0 Å². The zero-order chi connectivity index (χ0) is 21.1. The SMILES string of the molecule is CCc1nccc(-c2ccc(NC3(C(=O)O)CCOCC3)cc2COC2CC2)c1F. The standard InChI is InChI=1S/C23H27FN2O4/c1-2-20-21(24)19(7-10-25-20)18-6-3-16(13-15(18)14-30-17-4-5-17)26-23(22(27)28)8-11-29-12-9-23/h3,6-7,10,13,17,26H,2,4-5,8-9,11-12,14H2,1H3,(H,27,28). The zero-order valence-electron chi connectivity index (χ0n) is 17.1. The monoisotopic (exact) mass is 414 g/mol. The van der Waals surface area contributed by atoms with Crippen molar-refractivity contribution in [1.82, 2.24) is 4.98 Å². The number of anilines is 1. The Morgan fingerprint density at radius 1 is 1.30 bits per heavy atom. The minimum absolute atomic E-state index is 0.254. The molecule has 1 aromatic heterocycles. The molecule has 30 heavy (non-hydrogen) atoms. The third kappa shape index (κ3) is 4.32. The lowest BCUT2D eigenvalue weighted by atomic mass is 9.89. The van der Waals surface area contributed by atoms with Crippen LogP contribution in [-0.2, 0) is 27.3 Å². The number of carboxylic acid groups (broad SMARTS) is 1. The second-order valence-electron chi connectivity index (χ2n) is 7.98. The van der Waals surface area contributed by atoms with Crippen molar-refractivity contribution < 1.29 is 23.8 Å². The fourth-order valence-corrected chi connectivity index (χ4v) is 3.83. The molecule has 1 saturated carbocycles.